The lowest BCUT2D eigenvalue weighted by molar-refractivity contribution is -0.895. The molecule has 0 aliphatic heterocycles. The molecule has 0 saturated heterocycles. The van der Waals surface area contributed by atoms with Crippen molar-refractivity contribution in [2.75, 3.05) is 18.9 Å². The predicted octanol–water partition coefficient (Wildman–Crippen LogP) is 0.556. The average molecular weight is 359 g/mol. The van der Waals surface area contributed by atoms with Crippen molar-refractivity contribution in [1.29, 1.82) is 0 Å². The van der Waals surface area contributed by atoms with E-state index in [9.17, 15) is 9.59 Å². The Bertz CT molecular complexity index is 972. The first-order valence-electron chi connectivity index (χ1n) is 7.73. The standard InChI is InChI=1S/C17H16ClN5O2/c1-22(10-16(24)19-15-9-5-3-7-13(15)18)11-23-17(25)12-6-2-4-8-14(12)20-21-23/h2-9H,10-11H2,1H3,(H,19,24)/p+1. The molecule has 8 heteroatoms. The van der Waals surface area contributed by atoms with E-state index in [-0.39, 0.29) is 24.7 Å². The van der Waals surface area contributed by atoms with Crippen molar-refractivity contribution < 1.29 is 9.69 Å². The Labute approximate surface area is 148 Å². The molecule has 1 amide bonds. The molecule has 2 N–H and O–H groups in total. The fourth-order valence-corrected chi connectivity index (χ4v) is 2.65. The van der Waals surface area contributed by atoms with Crippen LogP contribution in [0.25, 0.3) is 10.9 Å². The van der Waals surface area contributed by atoms with Gasteiger partial charge in [-0.1, -0.05) is 41.1 Å². The van der Waals surface area contributed by atoms with Gasteiger partial charge in [-0.05, 0) is 24.3 Å². The highest BCUT2D eigenvalue weighted by molar-refractivity contribution is 6.33. The van der Waals surface area contributed by atoms with E-state index >= 15 is 0 Å². The van der Waals surface area contributed by atoms with Gasteiger partial charge in [0.25, 0.3) is 11.5 Å². The van der Waals surface area contributed by atoms with Crippen molar-refractivity contribution in [3.8, 4) is 0 Å². The maximum Gasteiger partial charge on any atom is 0.282 e. The lowest BCUT2D eigenvalue weighted by atomic mass is 10.2. The number of carbonyl (C=O) groups excluding carboxylic acids is 1. The van der Waals surface area contributed by atoms with Crippen LogP contribution in [0.15, 0.2) is 53.3 Å². The second-order valence-corrected chi connectivity index (χ2v) is 6.14. The molecule has 1 unspecified atom stereocenters. The summed E-state index contributed by atoms with van der Waals surface area (Å²) in [5, 5.41) is 11.7. The quantitative estimate of drug-likeness (QED) is 0.698. The molecule has 0 fully saturated rings. The van der Waals surface area contributed by atoms with Crippen LogP contribution >= 0.6 is 11.6 Å². The molecule has 0 saturated carbocycles. The summed E-state index contributed by atoms with van der Waals surface area (Å²) in [5.41, 5.74) is 0.888. The van der Waals surface area contributed by atoms with Crippen LogP contribution in [-0.4, -0.2) is 34.5 Å². The molecule has 7 nitrogen and oxygen atoms in total. The second-order valence-electron chi connectivity index (χ2n) is 5.73. The third-order valence-corrected chi connectivity index (χ3v) is 3.99. The van der Waals surface area contributed by atoms with Gasteiger partial charge in [0.2, 0.25) is 0 Å². The number of quaternary nitrogens is 1. The zero-order valence-electron chi connectivity index (χ0n) is 13.6. The van der Waals surface area contributed by atoms with Gasteiger partial charge in [-0.2, -0.15) is 4.68 Å². The minimum atomic E-state index is -0.225. The number of hydrogen-bond acceptors (Lipinski definition) is 4. The largest absolute Gasteiger partial charge is 0.320 e. The van der Waals surface area contributed by atoms with E-state index in [0.717, 1.165) is 4.90 Å². The smallest absolute Gasteiger partial charge is 0.282 e. The highest BCUT2D eigenvalue weighted by Gasteiger charge is 2.14. The number of fused-ring (bicyclic) bond motifs is 1. The number of rotatable bonds is 5. The maximum atomic E-state index is 12.4. The molecule has 1 atom stereocenters. The Hall–Kier alpha value is -2.77. The van der Waals surface area contributed by atoms with Crippen LogP contribution in [0.1, 0.15) is 0 Å². The number of halogens is 1. The van der Waals surface area contributed by atoms with Crippen molar-refractivity contribution in [2.24, 2.45) is 0 Å². The summed E-state index contributed by atoms with van der Waals surface area (Å²) in [5.74, 6) is -0.201. The van der Waals surface area contributed by atoms with Crippen LogP contribution < -0.4 is 15.8 Å². The summed E-state index contributed by atoms with van der Waals surface area (Å²) in [6.45, 7) is 0.388. The zero-order valence-corrected chi connectivity index (χ0v) is 14.3. The van der Waals surface area contributed by atoms with E-state index in [1.54, 1.807) is 55.6 Å². The minimum absolute atomic E-state index is 0.159. The predicted molar refractivity (Wildman–Crippen MR) is 95.6 cm³/mol. The Morgan fingerprint density at radius 2 is 1.92 bits per heavy atom. The van der Waals surface area contributed by atoms with Gasteiger partial charge in [-0.25, -0.2) is 0 Å². The summed E-state index contributed by atoms with van der Waals surface area (Å²) in [6, 6.07) is 14.1. The summed E-state index contributed by atoms with van der Waals surface area (Å²) in [7, 11) is 1.80. The first kappa shape index (κ1) is 17.1. The number of aromatic nitrogens is 3. The number of nitrogens with zero attached hydrogens (tertiary/aromatic N) is 3. The number of hydrogen-bond donors (Lipinski definition) is 2. The molecule has 25 heavy (non-hydrogen) atoms. The topological polar surface area (TPSA) is 81.3 Å². The van der Waals surface area contributed by atoms with Crippen LogP contribution in [0, 0.1) is 0 Å². The number of para-hydroxylation sites is 1. The number of carbonyl (C=O) groups is 1. The van der Waals surface area contributed by atoms with Crippen molar-refractivity contribution in [3.63, 3.8) is 0 Å². The number of likely N-dealkylation sites (N-methyl/N-ethyl adjacent to an activating group) is 1. The van der Waals surface area contributed by atoms with E-state index in [1.807, 2.05) is 0 Å². The normalized spacial score (nSPS) is 12.1. The van der Waals surface area contributed by atoms with E-state index in [4.69, 9.17) is 11.6 Å². The van der Waals surface area contributed by atoms with Gasteiger partial charge in [0.05, 0.1) is 23.1 Å². The molecule has 2 aromatic carbocycles. The van der Waals surface area contributed by atoms with Crippen LogP contribution in [0.4, 0.5) is 5.69 Å². The fourth-order valence-electron chi connectivity index (χ4n) is 2.47. The van der Waals surface area contributed by atoms with Crippen molar-refractivity contribution >= 4 is 34.1 Å². The molecule has 0 bridgehead atoms. The maximum absolute atomic E-state index is 12.4. The van der Waals surface area contributed by atoms with Gasteiger partial charge in [0, 0.05) is 0 Å². The number of benzene rings is 2. The Morgan fingerprint density at radius 3 is 2.72 bits per heavy atom. The minimum Gasteiger partial charge on any atom is -0.320 e. The first-order chi connectivity index (χ1) is 12.0. The van der Waals surface area contributed by atoms with E-state index in [1.165, 1.54) is 4.68 Å². The molecule has 3 aromatic rings. The third kappa shape index (κ3) is 4.01. The van der Waals surface area contributed by atoms with E-state index < -0.39 is 0 Å². The molecule has 0 radical (unpaired) electrons. The first-order valence-corrected chi connectivity index (χ1v) is 8.10. The Kier molecular flexibility index (Phi) is 5.06. The zero-order chi connectivity index (χ0) is 17.8. The highest BCUT2D eigenvalue weighted by Crippen LogP contribution is 2.19. The second kappa shape index (κ2) is 7.42. The average Bonchev–Trinajstić information content (AvgIpc) is 2.59. The molecule has 1 heterocycles. The van der Waals surface area contributed by atoms with Crippen molar-refractivity contribution in [1.82, 2.24) is 15.0 Å². The number of nitrogens with one attached hydrogen (secondary N) is 2. The summed E-state index contributed by atoms with van der Waals surface area (Å²) >= 11 is 6.03. The van der Waals surface area contributed by atoms with Crippen LogP contribution in [0.3, 0.4) is 0 Å². The van der Waals surface area contributed by atoms with Crippen molar-refractivity contribution in [2.45, 2.75) is 6.67 Å². The molecule has 128 valence electrons. The van der Waals surface area contributed by atoms with E-state index in [0.29, 0.717) is 21.6 Å². The Morgan fingerprint density at radius 1 is 1.20 bits per heavy atom. The van der Waals surface area contributed by atoms with Gasteiger partial charge < -0.3 is 10.2 Å². The summed E-state index contributed by atoms with van der Waals surface area (Å²) in [4.78, 5) is 25.4. The van der Waals surface area contributed by atoms with Gasteiger partial charge >= 0.3 is 0 Å². The van der Waals surface area contributed by atoms with Crippen LogP contribution in [0.2, 0.25) is 5.02 Å². The molecule has 3 rings (SSSR count). The Balaban J connectivity index is 1.67. The molecule has 1 aromatic heterocycles. The molecular weight excluding hydrogens is 342 g/mol. The number of anilines is 1. The van der Waals surface area contributed by atoms with Crippen LogP contribution in [0.5, 0.6) is 0 Å². The highest BCUT2D eigenvalue weighted by atomic mass is 35.5. The molecule has 0 aliphatic carbocycles. The van der Waals surface area contributed by atoms with Crippen molar-refractivity contribution in [3.05, 3.63) is 63.9 Å². The van der Waals surface area contributed by atoms with E-state index in [2.05, 4.69) is 15.6 Å². The third-order valence-electron chi connectivity index (χ3n) is 3.66. The SMILES string of the molecule is C[NH+](CC(=O)Nc1ccccc1Cl)Cn1nnc2ccccc2c1=O. The van der Waals surface area contributed by atoms with Crippen LogP contribution in [-0.2, 0) is 11.5 Å². The lowest BCUT2D eigenvalue weighted by Crippen LogP contribution is -3.09. The summed E-state index contributed by atoms with van der Waals surface area (Å²) < 4.78 is 1.26. The molecule has 0 aliphatic rings. The molecule has 0 spiro atoms. The fraction of sp³-hybridized carbons (Fsp3) is 0.176. The monoisotopic (exact) mass is 358 g/mol. The van der Waals surface area contributed by atoms with Gasteiger partial charge in [-0.15, -0.1) is 5.10 Å². The molecular formula is C17H17ClN5O2+. The van der Waals surface area contributed by atoms with Gasteiger partial charge in [0.1, 0.15) is 5.52 Å². The lowest BCUT2D eigenvalue weighted by Gasteiger charge is -2.14. The summed E-state index contributed by atoms with van der Waals surface area (Å²) in [6.07, 6.45) is 0. The van der Waals surface area contributed by atoms with Gasteiger partial charge in [0.15, 0.2) is 13.2 Å². The van der Waals surface area contributed by atoms with Gasteiger partial charge in [-0.3, -0.25) is 9.59 Å². The number of amides is 1.